The van der Waals surface area contributed by atoms with Gasteiger partial charge in [0, 0.05) is 16.8 Å². The molecule has 2 aromatic rings. The van der Waals surface area contributed by atoms with Crippen molar-refractivity contribution in [3.63, 3.8) is 0 Å². The number of nitrogen functional groups attached to an aromatic ring is 1. The Hall–Kier alpha value is -1.78. The summed E-state index contributed by atoms with van der Waals surface area (Å²) in [6.45, 7) is 4.29. The van der Waals surface area contributed by atoms with Gasteiger partial charge in [0.05, 0.1) is 11.1 Å². The van der Waals surface area contributed by atoms with Crippen LogP contribution in [0.15, 0.2) is 18.2 Å². The molecule has 0 saturated carbocycles. The molecule has 2 nitrogen and oxygen atoms in total. The summed E-state index contributed by atoms with van der Waals surface area (Å²) in [5.74, 6) is 0. The molecule has 0 aliphatic heterocycles. The van der Waals surface area contributed by atoms with E-state index in [9.17, 15) is 13.2 Å². The van der Waals surface area contributed by atoms with Crippen LogP contribution in [0, 0.1) is 5.41 Å². The van der Waals surface area contributed by atoms with Crippen LogP contribution in [0.1, 0.15) is 37.1 Å². The number of halogens is 3. The minimum Gasteiger partial charge on any atom is -0.398 e. The zero-order valence-electron chi connectivity index (χ0n) is 12.0. The van der Waals surface area contributed by atoms with E-state index in [0.29, 0.717) is 16.6 Å². The normalized spacial score (nSPS) is 17.8. The third kappa shape index (κ3) is 2.45. The molecule has 2 N–H and O–H groups in total. The van der Waals surface area contributed by atoms with E-state index in [1.54, 1.807) is 0 Å². The van der Waals surface area contributed by atoms with E-state index in [0.717, 1.165) is 42.7 Å². The molecule has 0 amide bonds. The highest BCUT2D eigenvalue weighted by atomic mass is 19.4. The molecule has 0 radical (unpaired) electrons. The van der Waals surface area contributed by atoms with Crippen molar-refractivity contribution >= 4 is 16.6 Å². The van der Waals surface area contributed by atoms with Crippen LogP contribution >= 0.6 is 0 Å². The molecule has 0 unspecified atom stereocenters. The second kappa shape index (κ2) is 4.36. The van der Waals surface area contributed by atoms with Crippen molar-refractivity contribution in [3.8, 4) is 0 Å². The summed E-state index contributed by atoms with van der Waals surface area (Å²) in [4.78, 5) is 4.47. The van der Waals surface area contributed by atoms with Crippen molar-refractivity contribution in [1.29, 1.82) is 0 Å². The van der Waals surface area contributed by atoms with E-state index in [1.165, 1.54) is 6.07 Å². The Morgan fingerprint density at radius 3 is 2.62 bits per heavy atom. The Bertz CT molecular complexity index is 718. The maximum atomic E-state index is 12.8. The molecule has 0 spiro atoms. The quantitative estimate of drug-likeness (QED) is 0.784. The largest absolute Gasteiger partial charge is 0.416 e. The fourth-order valence-corrected chi connectivity index (χ4v) is 2.99. The Kier molecular flexibility index (Phi) is 2.94. The lowest BCUT2D eigenvalue weighted by Crippen LogP contribution is -2.24. The number of pyridine rings is 1. The Labute approximate surface area is 121 Å². The fourth-order valence-electron chi connectivity index (χ4n) is 2.99. The lowest BCUT2D eigenvalue weighted by atomic mass is 9.75. The maximum Gasteiger partial charge on any atom is 0.416 e. The summed E-state index contributed by atoms with van der Waals surface area (Å²) in [5.41, 5.74) is 8.36. The highest BCUT2D eigenvalue weighted by Gasteiger charge is 2.32. The van der Waals surface area contributed by atoms with Gasteiger partial charge in [-0.05, 0) is 42.4 Å². The predicted octanol–water partition coefficient (Wildman–Crippen LogP) is 4.35. The second-order valence-electron chi connectivity index (χ2n) is 6.52. The lowest BCUT2D eigenvalue weighted by molar-refractivity contribution is -0.137. The number of alkyl halides is 3. The summed E-state index contributed by atoms with van der Waals surface area (Å²) in [5, 5.41) is 0.612. The van der Waals surface area contributed by atoms with Gasteiger partial charge in [0.1, 0.15) is 0 Å². The minimum atomic E-state index is -4.36. The summed E-state index contributed by atoms with van der Waals surface area (Å²) in [7, 11) is 0. The molecule has 3 rings (SSSR count). The van der Waals surface area contributed by atoms with Crippen LogP contribution in [-0.4, -0.2) is 4.98 Å². The summed E-state index contributed by atoms with van der Waals surface area (Å²) in [6, 6.07) is 3.59. The van der Waals surface area contributed by atoms with Crippen LogP contribution in [0.25, 0.3) is 10.9 Å². The minimum absolute atomic E-state index is 0.113. The van der Waals surface area contributed by atoms with Gasteiger partial charge in [0.15, 0.2) is 0 Å². The SMILES string of the molecule is CC1(C)CCc2c(nc3cc(C(F)(F)F)ccc3c2N)C1. The number of fused-ring (bicyclic) bond motifs is 2. The molecule has 1 aromatic carbocycles. The van der Waals surface area contributed by atoms with E-state index < -0.39 is 11.7 Å². The molecule has 0 bridgehead atoms. The molecule has 0 fully saturated rings. The Morgan fingerprint density at radius 1 is 1.24 bits per heavy atom. The Morgan fingerprint density at radius 2 is 1.95 bits per heavy atom. The fraction of sp³-hybridized carbons (Fsp3) is 0.438. The summed E-state index contributed by atoms with van der Waals surface area (Å²) < 4.78 is 38.5. The molecular weight excluding hydrogens is 277 g/mol. The number of hydrogen-bond acceptors (Lipinski definition) is 2. The van der Waals surface area contributed by atoms with Gasteiger partial charge in [0.25, 0.3) is 0 Å². The van der Waals surface area contributed by atoms with Crippen molar-refractivity contribution < 1.29 is 13.2 Å². The van der Waals surface area contributed by atoms with E-state index in [1.807, 2.05) is 0 Å². The number of benzene rings is 1. The van der Waals surface area contributed by atoms with Gasteiger partial charge in [0.2, 0.25) is 0 Å². The van der Waals surface area contributed by atoms with Gasteiger partial charge >= 0.3 is 6.18 Å². The molecule has 21 heavy (non-hydrogen) atoms. The van der Waals surface area contributed by atoms with Crippen LogP contribution in [-0.2, 0) is 19.0 Å². The number of hydrogen-bond donors (Lipinski definition) is 1. The third-order valence-corrected chi connectivity index (χ3v) is 4.24. The van der Waals surface area contributed by atoms with Gasteiger partial charge in [-0.25, -0.2) is 0 Å². The molecule has 1 aliphatic carbocycles. The van der Waals surface area contributed by atoms with E-state index in [4.69, 9.17) is 5.73 Å². The number of aromatic nitrogens is 1. The average molecular weight is 294 g/mol. The van der Waals surface area contributed by atoms with E-state index in [2.05, 4.69) is 18.8 Å². The van der Waals surface area contributed by atoms with Crippen LogP contribution in [0.2, 0.25) is 0 Å². The first-order valence-electron chi connectivity index (χ1n) is 6.96. The predicted molar refractivity (Wildman–Crippen MR) is 77.0 cm³/mol. The smallest absolute Gasteiger partial charge is 0.398 e. The molecule has 1 heterocycles. The molecule has 1 aliphatic rings. The number of rotatable bonds is 0. The van der Waals surface area contributed by atoms with Crippen LogP contribution < -0.4 is 5.73 Å². The first-order chi connectivity index (χ1) is 9.67. The first kappa shape index (κ1) is 14.2. The van der Waals surface area contributed by atoms with Crippen molar-refractivity contribution in [2.75, 3.05) is 5.73 Å². The zero-order chi connectivity index (χ0) is 15.4. The van der Waals surface area contributed by atoms with Gasteiger partial charge in [-0.15, -0.1) is 0 Å². The number of nitrogens with zero attached hydrogens (tertiary/aromatic N) is 1. The van der Waals surface area contributed by atoms with Gasteiger partial charge in [-0.1, -0.05) is 19.9 Å². The van der Waals surface area contributed by atoms with Crippen LogP contribution in [0.3, 0.4) is 0 Å². The van der Waals surface area contributed by atoms with E-state index >= 15 is 0 Å². The van der Waals surface area contributed by atoms with Gasteiger partial charge in [-0.2, -0.15) is 13.2 Å². The summed E-state index contributed by atoms with van der Waals surface area (Å²) >= 11 is 0. The van der Waals surface area contributed by atoms with Crippen LogP contribution in [0.5, 0.6) is 0 Å². The Balaban J connectivity index is 2.21. The highest BCUT2D eigenvalue weighted by Crippen LogP contribution is 2.39. The van der Waals surface area contributed by atoms with Crippen molar-refractivity contribution in [2.24, 2.45) is 5.41 Å². The second-order valence-corrected chi connectivity index (χ2v) is 6.52. The zero-order valence-corrected chi connectivity index (χ0v) is 12.0. The topological polar surface area (TPSA) is 38.9 Å². The van der Waals surface area contributed by atoms with Gasteiger partial charge < -0.3 is 5.73 Å². The number of nitrogens with two attached hydrogens (primary N) is 1. The molecule has 0 saturated heterocycles. The number of anilines is 1. The van der Waals surface area contributed by atoms with E-state index in [-0.39, 0.29) is 5.41 Å². The highest BCUT2D eigenvalue weighted by molar-refractivity contribution is 5.92. The maximum absolute atomic E-state index is 12.8. The molecule has 0 atom stereocenters. The monoisotopic (exact) mass is 294 g/mol. The molecule has 1 aromatic heterocycles. The summed E-state index contributed by atoms with van der Waals surface area (Å²) in [6.07, 6.45) is -1.77. The van der Waals surface area contributed by atoms with Crippen molar-refractivity contribution in [1.82, 2.24) is 4.98 Å². The van der Waals surface area contributed by atoms with Crippen molar-refractivity contribution in [2.45, 2.75) is 39.3 Å². The average Bonchev–Trinajstić information content (AvgIpc) is 2.35. The lowest BCUT2D eigenvalue weighted by Gasteiger charge is -2.31. The van der Waals surface area contributed by atoms with Gasteiger partial charge in [-0.3, -0.25) is 4.98 Å². The molecule has 112 valence electrons. The first-order valence-corrected chi connectivity index (χ1v) is 6.96. The standard InChI is InChI=1S/C16H17F3N2/c1-15(2)6-5-11-13(8-15)21-12-7-9(16(17,18)19)3-4-10(12)14(11)20/h3-4,7H,5-6,8H2,1-2H3,(H2,20,21). The van der Waals surface area contributed by atoms with Crippen LogP contribution in [0.4, 0.5) is 18.9 Å². The molecular formula is C16H17F3N2. The third-order valence-electron chi connectivity index (χ3n) is 4.24. The molecule has 5 heteroatoms. The van der Waals surface area contributed by atoms with Crippen molar-refractivity contribution in [3.05, 3.63) is 35.0 Å².